The summed E-state index contributed by atoms with van der Waals surface area (Å²) in [5, 5.41) is 10.5. The number of aromatic nitrogens is 2. The lowest BCUT2D eigenvalue weighted by Gasteiger charge is -2.25. The fourth-order valence-corrected chi connectivity index (χ4v) is 5.70. The van der Waals surface area contributed by atoms with E-state index in [0.29, 0.717) is 32.8 Å². The SMILES string of the molecule is O=C(O)[C@@H](Cc1ccccc1OC1CCCCO1)Oc1ncnc2sc(-c3ccco3)c(Br)c12. The quantitative estimate of drug-likeness (QED) is 0.301. The summed E-state index contributed by atoms with van der Waals surface area (Å²) >= 11 is 5.00. The predicted octanol–water partition coefficient (Wildman–Crippen LogP) is 5.69. The van der Waals surface area contributed by atoms with Gasteiger partial charge in [0.2, 0.25) is 12.0 Å². The minimum atomic E-state index is -1.19. The van der Waals surface area contributed by atoms with Crippen LogP contribution < -0.4 is 9.47 Å². The van der Waals surface area contributed by atoms with Crippen molar-refractivity contribution in [2.75, 3.05) is 6.61 Å². The van der Waals surface area contributed by atoms with E-state index in [9.17, 15) is 9.90 Å². The highest BCUT2D eigenvalue weighted by Gasteiger charge is 2.27. The van der Waals surface area contributed by atoms with Crippen molar-refractivity contribution >= 4 is 43.5 Å². The van der Waals surface area contributed by atoms with Gasteiger partial charge >= 0.3 is 5.97 Å². The van der Waals surface area contributed by atoms with Crippen LogP contribution in [0, 0.1) is 0 Å². The highest BCUT2D eigenvalue weighted by Crippen LogP contribution is 2.44. The zero-order valence-electron chi connectivity index (χ0n) is 18.0. The van der Waals surface area contributed by atoms with Gasteiger partial charge in [0.25, 0.3) is 0 Å². The average Bonchev–Trinajstić information content (AvgIpc) is 3.49. The fraction of sp³-hybridized carbons (Fsp3) is 0.292. The molecule has 0 radical (unpaired) electrons. The number of furan rings is 1. The van der Waals surface area contributed by atoms with E-state index in [-0.39, 0.29) is 18.6 Å². The van der Waals surface area contributed by atoms with Crippen LogP contribution in [-0.4, -0.2) is 40.0 Å². The van der Waals surface area contributed by atoms with Crippen molar-refractivity contribution in [3.63, 3.8) is 0 Å². The number of rotatable bonds is 8. The molecule has 0 aliphatic carbocycles. The fourth-order valence-electron chi connectivity index (χ4n) is 3.78. The molecule has 1 N–H and O–H groups in total. The Labute approximate surface area is 207 Å². The molecule has 34 heavy (non-hydrogen) atoms. The Morgan fingerprint density at radius 3 is 2.88 bits per heavy atom. The molecule has 4 heterocycles. The summed E-state index contributed by atoms with van der Waals surface area (Å²) in [6, 6.07) is 11.0. The number of halogens is 1. The van der Waals surface area contributed by atoms with Crippen molar-refractivity contribution in [2.24, 2.45) is 0 Å². The third-order valence-electron chi connectivity index (χ3n) is 5.44. The van der Waals surface area contributed by atoms with Crippen LogP contribution in [0.2, 0.25) is 0 Å². The lowest BCUT2D eigenvalue weighted by molar-refractivity contribution is -0.145. The van der Waals surface area contributed by atoms with Crippen LogP contribution in [0.4, 0.5) is 0 Å². The first-order chi connectivity index (χ1) is 16.6. The van der Waals surface area contributed by atoms with Crippen LogP contribution in [-0.2, 0) is 16.0 Å². The van der Waals surface area contributed by atoms with Crippen LogP contribution in [0.5, 0.6) is 11.6 Å². The van der Waals surface area contributed by atoms with Crippen molar-refractivity contribution in [1.82, 2.24) is 9.97 Å². The number of thiophene rings is 1. The largest absolute Gasteiger partial charge is 0.478 e. The molecule has 0 amide bonds. The molecule has 176 valence electrons. The van der Waals surface area contributed by atoms with Crippen LogP contribution in [0.3, 0.4) is 0 Å². The number of hydrogen-bond acceptors (Lipinski definition) is 8. The van der Waals surface area contributed by atoms with Gasteiger partial charge in [-0.3, -0.25) is 0 Å². The molecule has 0 saturated carbocycles. The van der Waals surface area contributed by atoms with E-state index >= 15 is 0 Å². The lowest BCUT2D eigenvalue weighted by atomic mass is 10.1. The third-order valence-corrected chi connectivity index (χ3v) is 7.61. The van der Waals surface area contributed by atoms with Gasteiger partial charge in [-0.2, -0.15) is 0 Å². The second-order valence-corrected chi connectivity index (χ2v) is 9.54. The van der Waals surface area contributed by atoms with Crippen molar-refractivity contribution in [2.45, 2.75) is 38.1 Å². The number of carboxylic acids is 1. The van der Waals surface area contributed by atoms with Crippen molar-refractivity contribution < 1.29 is 28.5 Å². The molecule has 10 heteroatoms. The summed E-state index contributed by atoms with van der Waals surface area (Å²) in [4.78, 5) is 22.2. The van der Waals surface area contributed by atoms with Crippen LogP contribution in [0.25, 0.3) is 20.9 Å². The van der Waals surface area contributed by atoms with E-state index in [1.165, 1.54) is 17.7 Å². The molecule has 4 aromatic rings. The van der Waals surface area contributed by atoms with E-state index in [1.807, 2.05) is 30.3 Å². The molecule has 1 aliphatic heterocycles. The maximum absolute atomic E-state index is 12.2. The molecule has 0 bridgehead atoms. The van der Waals surface area contributed by atoms with E-state index in [4.69, 9.17) is 18.6 Å². The second-order valence-electron chi connectivity index (χ2n) is 7.75. The zero-order chi connectivity index (χ0) is 23.5. The third kappa shape index (κ3) is 4.79. The molecular weight excluding hydrogens is 524 g/mol. The molecule has 1 fully saturated rings. The summed E-state index contributed by atoms with van der Waals surface area (Å²) in [5.41, 5.74) is 0.718. The highest BCUT2D eigenvalue weighted by molar-refractivity contribution is 9.10. The maximum atomic E-state index is 12.2. The number of hydrogen-bond donors (Lipinski definition) is 1. The van der Waals surface area contributed by atoms with E-state index in [1.54, 1.807) is 12.3 Å². The topological polar surface area (TPSA) is 104 Å². The summed E-state index contributed by atoms with van der Waals surface area (Å²) in [6.07, 6.45) is 4.39. The number of fused-ring (bicyclic) bond motifs is 1. The van der Waals surface area contributed by atoms with E-state index < -0.39 is 12.1 Å². The number of benzene rings is 1. The van der Waals surface area contributed by atoms with Crippen LogP contribution >= 0.6 is 27.3 Å². The van der Waals surface area contributed by atoms with Gasteiger partial charge in [-0.1, -0.05) is 18.2 Å². The van der Waals surface area contributed by atoms with Gasteiger partial charge in [-0.15, -0.1) is 11.3 Å². The average molecular weight is 545 g/mol. The Morgan fingerprint density at radius 2 is 2.12 bits per heavy atom. The molecule has 2 atom stereocenters. The maximum Gasteiger partial charge on any atom is 0.345 e. The molecule has 1 aliphatic rings. The number of nitrogens with zero attached hydrogens (tertiary/aromatic N) is 2. The Morgan fingerprint density at radius 1 is 1.24 bits per heavy atom. The smallest absolute Gasteiger partial charge is 0.345 e. The zero-order valence-corrected chi connectivity index (χ0v) is 20.4. The van der Waals surface area contributed by atoms with Crippen molar-refractivity contribution in [3.8, 4) is 22.3 Å². The van der Waals surface area contributed by atoms with E-state index in [2.05, 4.69) is 25.9 Å². The predicted molar refractivity (Wildman–Crippen MR) is 129 cm³/mol. The van der Waals surface area contributed by atoms with E-state index in [0.717, 1.165) is 29.7 Å². The first-order valence-corrected chi connectivity index (χ1v) is 12.4. The minimum Gasteiger partial charge on any atom is -0.478 e. The molecule has 0 spiro atoms. The first kappa shape index (κ1) is 22.8. The molecule has 1 unspecified atom stereocenters. The van der Waals surface area contributed by atoms with Gasteiger partial charge < -0.3 is 23.7 Å². The second kappa shape index (κ2) is 10.1. The lowest BCUT2D eigenvalue weighted by Crippen LogP contribution is -2.30. The van der Waals surface area contributed by atoms with Crippen molar-refractivity contribution in [1.29, 1.82) is 0 Å². The van der Waals surface area contributed by atoms with Gasteiger partial charge in [0.05, 0.1) is 27.6 Å². The Kier molecular flexibility index (Phi) is 6.80. The molecule has 8 nitrogen and oxygen atoms in total. The van der Waals surface area contributed by atoms with Gasteiger partial charge in [0, 0.05) is 12.8 Å². The highest BCUT2D eigenvalue weighted by atomic mass is 79.9. The molecule has 5 rings (SSSR count). The molecule has 1 aromatic carbocycles. The first-order valence-electron chi connectivity index (χ1n) is 10.8. The summed E-state index contributed by atoms with van der Waals surface area (Å²) < 4.78 is 23.9. The Balaban J connectivity index is 1.42. The summed E-state index contributed by atoms with van der Waals surface area (Å²) in [6.45, 7) is 0.660. The number of aliphatic carboxylic acids is 1. The van der Waals surface area contributed by atoms with Crippen LogP contribution in [0.15, 0.2) is 57.9 Å². The molecule has 1 saturated heterocycles. The number of ether oxygens (including phenoxy) is 3. The summed E-state index contributed by atoms with van der Waals surface area (Å²) in [7, 11) is 0. The van der Waals surface area contributed by atoms with Crippen molar-refractivity contribution in [3.05, 3.63) is 59.0 Å². The molecular formula is C24H21BrN2O6S. The minimum absolute atomic E-state index is 0.0938. The van der Waals surface area contributed by atoms with Gasteiger partial charge in [0.15, 0.2) is 6.29 Å². The standard InChI is InChI=1S/C24H21BrN2O6S/c25-20-19-22(26-13-27-23(19)34-21(20)16-8-5-11-30-16)33-17(24(28)29)12-14-6-1-2-7-15(14)32-18-9-3-4-10-31-18/h1-2,5-8,11,13,17-18H,3-4,9-10,12H2,(H,28,29)/t17-,18?/m1/s1. The van der Waals surface area contributed by atoms with Crippen LogP contribution in [0.1, 0.15) is 24.8 Å². The van der Waals surface area contributed by atoms with Gasteiger partial charge in [-0.25, -0.2) is 14.8 Å². The monoisotopic (exact) mass is 544 g/mol. The molecule has 3 aromatic heterocycles. The van der Waals surface area contributed by atoms with Gasteiger partial charge in [0.1, 0.15) is 22.7 Å². The Hall–Kier alpha value is -2.95. The summed E-state index contributed by atoms with van der Waals surface area (Å²) in [5.74, 6) is 0.348. The Bertz CT molecular complexity index is 1290. The normalized spacial score (nSPS) is 16.9. The van der Waals surface area contributed by atoms with Gasteiger partial charge in [-0.05, 0) is 52.5 Å². The number of carbonyl (C=O) groups is 1. The number of para-hydroxylation sites is 1. The number of carboxylic acid groups (broad SMARTS) is 1.